The topological polar surface area (TPSA) is 87.5 Å². The van der Waals surface area contributed by atoms with Gasteiger partial charge in [-0.2, -0.15) is 5.10 Å². The summed E-state index contributed by atoms with van der Waals surface area (Å²) in [6.07, 6.45) is 8.44. The number of nitrogens with zero attached hydrogens (tertiary/aromatic N) is 4. The van der Waals surface area contributed by atoms with Crippen molar-refractivity contribution in [3.8, 4) is 11.8 Å². The van der Waals surface area contributed by atoms with E-state index in [9.17, 15) is 14.4 Å². The quantitative estimate of drug-likeness (QED) is 0.433. The second kappa shape index (κ2) is 8.53. The van der Waals surface area contributed by atoms with Gasteiger partial charge in [0.15, 0.2) is 0 Å². The summed E-state index contributed by atoms with van der Waals surface area (Å²) in [7, 11) is 0. The lowest BCUT2D eigenvalue weighted by molar-refractivity contribution is -0.134. The zero-order valence-electron chi connectivity index (χ0n) is 21.4. The van der Waals surface area contributed by atoms with Crippen LogP contribution >= 0.6 is 0 Å². The molecule has 38 heavy (non-hydrogen) atoms. The summed E-state index contributed by atoms with van der Waals surface area (Å²) < 4.78 is 2.14. The van der Waals surface area contributed by atoms with Gasteiger partial charge in [0, 0.05) is 65.6 Å². The molecule has 3 fully saturated rings. The normalized spacial score (nSPS) is 22.6. The van der Waals surface area contributed by atoms with Crippen LogP contribution in [-0.2, 0) is 21.7 Å². The maximum atomic E-state index is 13.3. The van der Waals surface area contributed by atoms with Gasteiger partial charge in [-0.05, 0) is 50.8 Å². The number of amides is 3. The summed E-state index contributed by atoms with van der Waals surface area (Å²) in [4.78, 5) is 41.4. The van der Waals surface area contributed by atoms with Crippen LogP contribution in [0.25, 0.3) is 10.8 Å². The molecular formula is C30H29N5O3. The van der Waals surface area contributed by atoms with Crippen LogP contribution in [0.15, 0.2) is 42.7 Å². The van der Waals surface area contributed by atoms with E-state index in [1.54, 1.807) is 11.0 Å². The molecule has 2 aromatic carbocycles. The van der Waals surface area contributed by atoms with Crippen molar-refractivity contribution < 1.29 is 14.4 Å². The van der Waals surface area contributed by atoms with Crippen molar-refractivity contribution in [1.29, 1.82) is 0 Å². The zero-order chi connectivity index (χ0) is 26.0. The molecule has 0 bridgehead atoms. The summed E-state index contributed by atoms with van der Waals surface area (Å²) in [5, 5.41) is 8.74. The fourth-order valence-electron chi connectivity index (χ4n) is 6.24. The van der Waals surface area contributed by atoms with Gasteiger partial charge in [0.25, 0.3) is 5.91 Å². The Bertz CT molecular complexity index is 1570. The van der Waals surface area contributed by atoms with Crippen molar-refractivity contribution in [1.82, 2.24) is 20.0 Å². The molecule has 3 aliphatic heterocycles. The Labute approximate surface area is 221 Å². The molecule has 1 atom stereocenters. The number of carbonyl (C=O) groups excluding carboxylic acids is 3. The minimum Gasteiger partial charge on any atom is -0.296 e. The minimum atomic E-state index is -0.683. The van der Waals surface area contributed by atoms with Crippen LogP contribution in [0.4, 0.5) is 5.69 Å². The van der Waals surface area contributed by atoms with Gasteiger partial charge >= 0.3 is 0 Å². The molecule has 1 N–H and O–H groups in total. The third-order valence-electron chi connectivity index (χ3n) is 8.64. The number of rotatable bonds is 4. The van der Waals surface area contributed by atoms with Crippen LogP contribution in [0.1, 0.15) is 60.5 Å². The maximum Gasteiger partial charge on any atom is 0.259 e. The van der Waals surface area contributed by atoms with Gasteiger partial charge in [0.2, 0.25) is 11.8 Å². The van der Waals surface area contributed by atoms with Crippen molar-refractivity contribution >= 4 is 34.2 Å². The molecule has 8 heteroatoms. The Morgan fingerprint density at radius 3 is 2.74 bits per heavy atom. The Morgan fingerprint density at radius 1 is 1.13 bits per heavy atom. The van der Waals surface area contributed by atoms with Crippen LogP contribution in [0.2, 0.25) is 0 Å². The molecule has 3 amide bonds. The predicted octanol–water partition coefficient (Wildman–Crippen LogP) is 3.18. The van der Waals surface area contributed by atoms with Crippen molar-refractivity contribution in [2.24, 2.45) is 5.92 Å². The number of carbonyl (C=O) groups is 3. The molecule has 8 nitrogen and oxygen atoms in total. The molecule has 1 aromatic heterocycles. The summed E-state index contributed by atoms with van der Waals surface area (Å²) in [6, 6.07) is 8.80. The van der Waals surface area contributed by atoms with E-state index in [1.807, 2.05) is 30.5 Å². The number of hydrogen-bond acceptors (Lipinski definition) is 5. The third kappa shape index (κ3) is 3.64. The van der Waals surface area contributed by atoms with Gasteiger partial charge in [-0.1, -0.05) is 24.0 Å². The van der Waals surface area contributed by atoms with Gasteiger partial charge in [-0.3, -0.25) is 34.2 Å². The summed E-state index contributed by atoms with van der Waals surface area (Å²) >= 11 is 0. The molecule has 4 heterocycles. The molecule has 2 saturated heterocycles. The standard InChI is InChI=1S/C30H29N5O3/c1-30(12-3-13-30)34-18-20(14-31-34)17-33-15-19(16-33)6-7-21-8-9-24-27-22(21)4-2-5-23(27)29(38)35(24)25-10-11-26(36)32-28(25)37/h2,4-5,8-9,14,18-19,25H,3,10-13,15-17H2,1H3,(H,32,36,37). The smallest absolute Gasteiger partial charge is 0.259 e. The zero-order valence-corrected chi connectivity index (χ0v) is 21.4. The second-order valence-electron chi connectivity index (χ2n) is 11.3. The number of hydrogen-bond donors (Lipinski definition) is 1. The number of likely N-dealkylation sites (tertiary alicyclic amines) is 1. The lowest BCUT2D eigenvalue weighted by atomic mass is 9.79. The highest BCUT2D eigenvalue weighted by Gasteiger charge is 2.41. The molecule has 0 radical (unpaired) electrons. The van der Waals surface area contributed by atoms with E-state index in [4.69, 9.17) is 0 Å². The lowest BCUT2D eigenvalue weighted by Crippen LogP contribution is -2.53. The van der Waals surface area contributed by atoms with E-state index in [-0.39, 0.29) is 23.8 Å². The van der Waals surface area contributed by atoms with Gasteiger partial charge < -0.3 is 0 Å². The van der Waals surface area contributed by atoms with Gasteiger partial charge in [0.05, 0.1) is 17.4 Å². The second-order valence-corrected chi connectivity index (χ2v) is 11.3. The van der Waals surface area contributed by atoms with E-state index >= 15 is 0 Å². The van der Waals surface area contributed by atoms with E-state index in [1.165, 1.54) is 24.8 Å². The van der Waals surface area contributed by atoms with Crippen molar-refractivity contribution in [2.75, 3.05) is 18.0 Å². The summed E-state index contributed by atoms with van der Waals surface area (Å²) in [5.41, 5.74) is 3.63. The molecule has 7 rings (SSSR count). The molecule has 3 aromatic rings. The SMILES string of the molecule is CC1(n2cc(CN3CC(C#Cc4ccc5c6c(cccc46)C(=O)N5C4CCC(=O)NC4=O)C3)cn2)CCC1. The third-order valence-corrected chi connectivity index (χ3v) is 8.64. The Kier molecular flexibility index (Phi) is 5.21. The monoisotopic (exact) mass is 507 g/mol. The van der Waals surface area contributed by atoms with E-state index in [2.05, 4.69) is 45.0 Å². The number of anilines is 1. The fourth-order valence-corrected chi connectivity index (χ4v) is 6.24. The number of piperidine rings is 1. The first-order valence-corrected chi connectivity index (χ1v) is 13.4. The van der Waals surface area contributed by atoms with Gasteiger partial charge in [0.1, 0.15) is 6.04 Å². The van der Waals surface area contributed by atoms with Crippen LogP contribution < -0.4 is 10.2 Å². The average Bonchev–Trinajstić information content (AvgIpc) is 3.44. The molecule has 0 spiro atoms. The molecule has 1 unspecified atom stereocenters. The van der Waals surface area contributed by atoms with E-state index in [0.29, 0.717) is 23.6 Å². The fraction of sp³-hybridized carbons (Fsp3) is 0.400. The first-order chi connectivity index (χ1) is 18.4. The highest BCUT2D eigenvalue weighted by atomic mass is 16.2. The highest BCUT2D eigenvalue weighted by Crippen LogP contribution is 2.41. The first-order valence-electron chi connectivity index (χ1n) is 13.4. The Morgan fingerprint density at radius 2 is 1.97 bits per heavy atom. The molecule has 192 valence electrons. The number of nitrogens with one attached hydrogen (secondary N) is 1. The molecular weight excluding hydrogens is 478 g/mol. The summed E-state index contributed by atoms with van der Waals surface area (Å²) in [6.45, 7) is 5.04. The Balaban J connectivity index is 1.07. The van der Waals surface area contributed by atoms with Crippen LogP contribution in [0.3, 0.4) is 0 Å². The van der Waals surface area contributed by atoms with E-state index in [0.717, 1.165) is 36.0 Å². The molecule has 1 aliphatic carbocycles. The number of aromatic nitrogens is 2. The average molecular weight is 508 g/mol. The predicted molar refractivity (Wildman–Crippen MR) is 142 cm³/mol. The van der Waals surface area contributed by atoms with Crippen molar-refractivity contribution in [3.05, 3.63) is 59.4 Å². The number of benzene rings is 2. The van der Waals surface area contributed by atoms with Gasteiger partial charge in [-0.15, -0.1) is 0 Å². The van der Waals surface area contributed by atoms with Crippen LogP contribution in [0, 0.1) is 17.8 Å². The lowest BCUT2D eigenvalue weighted by Gasteiger charge is -2.38. The van der Waals surface area contributed by atoms with Crippen LogP contribution in [0.5, 0.6) is 0 Å². The minimum absolute atomic E-state index is 0.199. The van der Waals surface area contributed by atoms with Crippen molar-refractivity contribution in [3.63, 3.8) is 0 Å². The highest BCUT2D eigenvalue weighted by molar-refractivity contribution is 6.27. The summed E-state index contributed by atoms with van der Waals surface area (Å²) in [5.74, 6) is 6.20. The first kappa shape index (κ1) is 23.2. The Hall–Kier alpha value is -3.96. The molecule has 1 saturated carbocycles. The maximum absolute atomic E-state index is 13.3. The van der Waals surface area contributed by atoms with Crippen LogP contribution in [-0.4, -0.2) is 51.5 Å². The largest absolute Gasteiger partial charge is 0.296 e. The van der Waals surface area contributed by atoms with Gasteiger partial charge in [-0.25, -0.2) is 0 Å². The van der Waals surface area contributed by atoms with E-state index < -0.39 is 11.9 Å². The molecule has 4 aliphatic rings. The van der Waals surface area contributed by atoms with Crippen molar-refractivity contribution in [2.45, 2.75) is 57.2 Å². The number of imide groups is 1.